The zero-order valence-electron chi connectivity index (χ0n) is 6.32. The van der Waals surface area contributed by atoms with Gasteiger partial charge in [-0.15, -0.1) is 6.42 Å². The molecule has 0 aliphatic rings. The van der Waals surface area contributed by atoms with E-state index < -0.39 is 11.7 Å². The van der Waals surface area contributed by atoms with Crippen LogP contribution in [0.5, 0.6) is 0 Å². The lowest BCUT2D eigenvalue weighted by Crippen LogP contribution is -2.07. The summed E-state index contributed by atoms with van der Waals surface area (Å²) >= 11 is 1.91. The second-order valence-corrected chi connectivity index (χ2v) is 3.58. The van der Waals surface area contributed by atoms with E-state index in [1.807, 2.05) is 28.5 Å². The Balaban J connectivity index is 3.32. The predicted molar refractivity (Wildman–Crippen MR) is 52.1 cm³/mol. The Labute approximate surface area is 87.3 Å². The van der Waals surface area contributed by atoms with Gasteiger partial charge in [-0.2, -0.15) is 13.2 Å². The van der Waals surface area contributed by atoms with Gasteiger partial charge in [0, 0.05) is 9.13 Å². The van der Waals surface area contributed by atoms with E-state index in [4.69, 9.17) is 6.42 Å². The highest BCUT2D eigenvalue weighted by Gasteiger charge is 2.32. The van der Waals surface area contributed by atoms with Gasteiger partial charge in [-0.05, 0) is 40.8 Å². The van der Waals surface area contributed by atoms with Gasteiger partial charge in [0.25, 0.3) is 0 Å². The van der Waals surface area contributed by atoms with Crippen LogP contribution >= 0.6 is 22.6 Å². The molecule has 0 heterocycles. The third-order valence-electron chi connectivity index (χ3n) is 1.44. The molecule has 0 saturated carbocycles. The van der Waals surface area contributed by atoms with Crippen molar-refractivity contribution in [3.8, 4) is 12.3 Å². The molecule has 0 atom stereocenters. The Morgan fingerprint density at radius 1 is 1.31 bits per heavy atom. The van der Waals surface area contributed by atoms with Gasteiger partial charge in [-0.25, -0.2) is 0 Å². The summed E-state index contributed by atoms with van der Waals surface area (Å²) in [5, 5.41) is 0. The Morgan fingerprint density at radius 3 is 2.38 bits per heavy atom. The maximum Gasteiger partial charge on any atom is 0.417 e. The van der Waals surface area contributed by atoms with Gasteiger partial charge in [0.1, 0.15) is 0 Å². The van der Waals surface area contributed by atoms with Crippen LogP contribution in [0.3, 0.4) is 0 Å². The molecule has 0 N–H and O–H groups in total. The standard InChI is InChI=1S/C9H4F3I/c1-2-6-5-7(13)3-4-8(6)9(10,11)12/h1,3-5H. The van der Waals surface area contributed by atoms with E-state index >= 15 is 0 Å². The third-order valence-corrected chi connectivity index (χ3v) is 2.11. The van der Waals surface area contributed by atoms with Gasteiger partial charge in [0.15, 0.2) is 0 Å². The van der Waals surface area contributed by atoms with Crippen molar-refractivity contribution in [3.05, 3.63) is 32.9 Å². The fourth-order valence-corrected chi connectivity index (χ4v) is 1.37. The van der Waals surface area contributed by atoms with E-state index in [1.54, 1.807) is 0 Å². The summed E-state index contributed by atoms with van der Waals surface area (Å²) in [6.45, 7) is 0. The fraction of sp³-hybridized carbons (Fsp3) is 0.111. The molecule has 0 unspecified atom stereocenters. The van der Waals surface area contributed by atoms with E-state index in [2.05, 4.69) is 0 Å². The van der Waals surface area contributed by atoms with Crippen LogP contribution in [0.15, 0.2) is 18.2 Å². The number of benzene rings is 1. The van der Waals surface area contributed by atoms with Gasteiger partial charge in [-0.1, -0.05) is 5.92 Å². The minimum absolute atomic E-state index is 0.112. The Bertz CT molecular complexity index is 360. The summed E-state index contributed by atoms with van der Waals surface area (Å²) in [6.07, 6.45) is 0.594. The summed E-state index contributed by atoms with van der Waals surface area (Å²) in [4.78, 5) is 0. The first-order chi connectivity index (χ1) is 5.95. The average Bonchev–Trinajstić information content (AvgIpc) is 2.01. The van der Waals surface area contributed by atoms with Crippen molar-refractivity contribution < 1.29 is 13.2 Å². The average molecular weight is 296 g/mol. The number of hydrogen-bond donors (Lipinski definition) is 0. The van der Waals surface area contributed by atoms with Crippen molar-refractivity contribution in [2.75, 3.05) is 0 Å². The SMILES string of the molecule is C#Cc1cc(I)ccc1C(F)(F)F. The molecule has 0 fully saturated rings. The normalized spacial score (nSPS) is 11.0. The van der Waals surface area contributed by atoms with Crippen molar-refractivity contribution in [2.45, 2.75) is 6.18 Å². The molecule has 1 aromatic rings. The second-order valence-electron chi connectivity index (χ2n) is 2.33. The zero-order chi connectivity index (χ0) is 10.1. The molecule has 1 aromatic carbocycles. The lowest BCUT2D eigenvalue weighted by Gasteiger charge is -2.08. The van der Waals surface area contributed by atoms with Gasteiger partial charge >= 0.3 is 6.18 Å². The van der Waals surface area contributed by atoms with Gasteiger partial charge < -0.3 is 0 Å². The molecular formula is C9H4F3I. The lowest BCUT2D eigenvalue weighted by atomic mass is 10.1. The van der Waals surface area contributed by atoms with Crippen LogP contribution in [-0.2, 0) is 6.18 Å². The minimum Gasteiger partial charge on any atom is -0.166 e. The number of halogens is 4. The van der Waals surface area contributed by atoms with Crippen molar-refractivity contribution in [2.24, 2.45) is 0 Å². The minimum atomic E-state index is -4.37. The molecule has 0 spiro atoms. The largest absolute Gasteiger partial charge is 0.417 e. The highest BCUT2D eigenvalue weighted by Crippen LogP contribution is 2.32. The first-order valence-corrected chi connectivity index (χ1v) is 4.36. The van der Waals surface area contributed by atoms with Crippen LogP contribution < -0.4 is 0 Å². The van der Waals surface area contributed by atoms with E-state index in [0.29, 0.717) is 3.57 Å². The molecule has 0 aliphatic carbocycles. The summed E-state index contributed by atoms with van der Waals surface area (Å²) in [6, 6.07) is 3.71. The first-order valence-electron chi connectivity index (χ1n) is 3.28. The number of terminal acetylenes is 1. The van der Waals surface area contributed by atoms with Crippen LogP contribution in [0.2, 0.25) is 0 Å². The van der Waals surface area contributed by atoms with Crippen molar-refractivity contribution in [1.29, 1.82) is 0 Å². The zero-order valence-corrected chi connectivity index (χ0v) is 8.48. The monoisotopic (exact) mass is 296 g/mol. The smallest absolute Gasteiger partial charge is 0.166 e. The van der Waals surface area contributed by atoms with E-state index in [-0.39, 0.29) is 5.56 Å². The maximum absolute atomic E-state index is 12.3. The number of rotatable bonds is 0. The second kappa shape index (κ2) is 3.58. The van der Waals surface area contributed by atoms with Gasteiger partial charge in [0.2, 0.25) is 0 Å². The summed E-state index contributed by atoms with van der Waals surface area (Å²) < 4.78 is 37.5. The molecule has 0 aliphatic heterocycles. The van der Waals surface area contributed by atoms with Crippen LogP contribution in [-0.4, -0.2) is 0 Å². The summed E-state index contributed by atoms with van der Waals surface area (Å²) in [7, 11) is 0. The predicted octanol–water partition coefficient (Wildman–Crippen LogP) is 3.29. The van der Waals surface area contributed by atoms with Crippen LogP contribution in [0.1, 0.15) is 11.1 Å². The van der Waals surface area contributed by atoms with E-state index in [0.717, 1.165) is 6.07 Å². The van der Waals surface area contributed by atoms with Gasteiger partial charge in [0.05, 0.1) is 5.56 Å². The third kappa shape index (κ3) is 2.37. The Morgan fingerprint density at radius 2 is 1.92 bits per heavy atom. The number of hydrogen-bond acceptors (Lipinski definition) is 0. The number of alkyl halides is 3. The lowest BCUT2D eigenvalue weighted by molar-refractivity contribution is -0.137. The quantitative estimate of drug-likeness (QED) is 0.509. The Kier molecular flexibility index (Phi) is 2.86. The van der Waals surface area contributed by atoms with Crippen molar-refractivity contribution in [3.63, 3.8) is 0 Å². The molecular weight excluding hydrogens is 292 g/mol. The Hall–Kier alpha value is -0.700. The van der Waals surface area contributed by atoms with Crippen LogP contribution in [0, 0.1) is 15.9 Å². The molecule has 68 valence electrons. The highest BCUT2D eigenvalue weighted by molar-refractivity contribution is 14.1. The van der Waals surface area contributed by atoms with Gasteiger partial charge in [-0.3, -0.25) is 0 Å². The summed E-state index contributed by atoms with van der Waals surface area (Å²) in [5.41, 5.74) is -0.866. The molecule has 4 heteroatoms. The maximum atomic E-state index is 12.3. The molecule has 0 aromatic heterocycles. The molecule has 1 rings (SSSR count). The molecule has 13 heavy (non-hydrogen) atoms. The van der Waals surface area contributed by atoms with Crippen molar-refractivity contribution >= 4 is 22.6 Å². The summed E-state index contributed by atoms with van der Waals surface area (Å²) in [5.74, 6) is 2.02. The highest BCUT2D eigenvalue weighted by atomic mass is 127. The van der Waals surface area contributed by atoms with Crippen LogP contribution in [0.4, 0.5) is 13.2 Å². The molecule has 0 radical (unpaired) electrons. The molecule has 0 nitrogen and oxygen atoms in total. The fourth-order valence-electron chi connectivity index (χ4n) is 0.883. The van der Waals surface area contributed by atoms with E-state index in [1.165, 1.54) is 12.1 Å². The van der Waals surface area contributed by atoms with E-state index in [9.17, 15) is 13.2 Å². The van der Waals surface area contributed by atoms with Crippen LogP contribution in [0.25, 0.3) is 0 Å². The van der Waals surface area contributed by atoms with Crippen molar-refractivity contribution in [1.82, 2.24) is 0 Å². The molecule has 0 bridgehead atoms. The topological polar surface area (TPSA) is 0 Å². The first kappa shape index (κ1) is 10.4. The molecule has 0 amide bonds. The molecule has 0 saturated heterocycles.